The van der Waals surface area contributed by atoms with Gasteiger partial charge in [-0.3, -0.25) is 9.59 Å². The molecule has 6 nitrogen and oxygen atoms in total. The number of hydrogen-bond acceptors (Lipinski definition) is 4. The molecule has 0 aliphatic carbocycles. The SMILES string of the molecule is Cc1ccc(C(C)C)c(OCC(=O)NCCNC(=O)c2ccc(O)cc2)c1. The highest BCUT2D eigenvalue weighted by Crippen LogP contribution is 2.27. The standard InChI is InChI=1S/C21H26N2O4/c1-14(2)18-9-4-15(3)12-19(18)27-13-20(25)22-10-11-23-21(26)16-5-7-17(24)8-6-16/h4-9,12,14,24H,10-11,13H2,1-3H3,(H,22,25)(H,23,26). The molecular formula is C21H26N2O4. The van der Waals surface area contributed by atoms with Crippen molar-refractivity contribution in [2.45, 2.75) is 26.7 Å². The van der Waals surface area contributed by atoms with Gasteiger partial charge in [-0.05, 0) is 54.3 Å². The Morgan fingerprint density at radius 3 is 2.37 bits per heavy atom. The van der Waals surface area contributed by atoms with E-state index in [1.165, 1.54) is 24.3 Å². The first-order valence-corrected chi connectivity index (χ1v) is 8.94. The second-order valence-electron chi connectivity index (χ2n) is 6.64. The van der Waals surface area contributed by atoms with E-state index in [-0.39, 0.29) is 24.2 Å². The Morgan fingerprint density at radius 2 is 1.70 bits per heavy atom. The fourth-order valence-electron chi connectivity index (χ4n) is 2.53. The summed E-state index contributed by atoms with van der Waals surface area (Å²) in [6.45, 7) is 6.66. The zero-order valence-corrected chi connectivity index (χ0v) is 15.9. The lowest BCUT2D eigenvalue weighted by Gasteiger charge is -2.15. The van der Waals surface area contributed by atoms with Crippen LogP contribution in [0.5, 0.6) is 11.5 Å². The molecule has 6 heteroatoms. The molecule has 0 aliphatic rings. The van der Waals surface area contributed by atoms with E-state index in [0.717, 1.165) is 16.9 Å². The van der Waals surface area contributed by atoms with Crippen LogP contribution in [0.1, 0.15) is 41.3 Å². The largest absolute Gasteiger partial charge is 0.508 e. The van der Waals surface area contributed by atoms with Crippen LogP contribution < -0.4 is 15.4 Å². The molecular weight excluding hydrogens is 344 g/mol. The molecule has 2 amide bonds. The van der Waals surface area contributed by atoms with Crippen molar-refractivity contribution in [2.75, 3.05) is 19.7 Å². The number of phenolic OH excluding ortho intramolecular Hbond substituents is 1. The zero-order chi connectivity index (χ0) is 19.8. The number of carbonyl (C=O) groups excluding carboxylic acids is 2. The van der Waals surface area contributed by atoms with Crippen LogP contribution in [0.4, 0.5) is 0 Å². The highest BCUT2D eigenvalue weighted by molar-refractivity contribution is 5.94. The second-order valence-corrected chi connectivity index (χ2v) is 6.64. The number of amides is 2. The quantitative estimate of drug-likeness (QED) is 0.624. The van der Waals surface area contributed by atoms with Crippen molar-refractivity contribution < 1.29 is 19.4 Å². The molecule has 0 atom stereocenters. The summed E-state index contributed by atoms with van der Waals surface area (Å²) in [7, 11) is 0. The Bertz CT molecular complexity index is 785. The molecule has 3 N–H and O–H groups in total. The molecule has 0 heterocycles. The summed E-state index contributed by atoms with van der Waals surface area (Å²) in [5, 5.41) is 14.6. The molecule has 0 aromatic heterocycles. The van der Waals surface area contributed by atoms with Crippen LogP contribution in [0.3, 0.4) is 0 Å². The fraction of sp³-hybridized carbons (Fsp3) is 0.333. The number of aryl methyl sites for hydroxylation is 1. The highest BCUT2D eigenvalue weighted by Gasteiger charge is 2.10. The third-order valence-electron chi connectivity index (χ3n) is 4.01. The first-order chi connectivity index (χ1) is 12.9. The van der Waals surface area contributed by atoms with E-state index in [4.69, 9.17) is 4.74 Å². The molecule has 0 radical (unpaired) electrons. The van der Waals surface area contributed by atoms with Gasteiger partial charge in [-0.2, -0.15) is 0 Å². The van der Waals surface area contributed by atoms with Crippen LogP contribution in [0.2, 0.25) is 0 Å². The maximum atomic E-state index is 12.0. The first kappa shape index (κ1) is 20.3. The summed E-state index contributed by atoms with van der Waals surface area (Å²) in [4.78, 5) is 23.9. The number of benzene rings is 2. The Balaban J connectivity index is 1.73. The van der Waals surface area contributed by atoms with Gasteiger partial charge in [-0.25, -0.2) is 0 Å². The number of phenols is 1. The van der Waals surface area contributed by atoms with Crippen LogP contribution >= 0.6 is 0 Å². The monoisotopic (exact) mass is 370 g/mol. The average Bonchev–Trinajstić information content (AvgIpc) is 2.63. The summed E-state index contributed by atoms with van der Waals surface area (Å²) < 4.78 is 5.68. The Morgan fingerprint density at radius 1 is 1.04 bits per heavy atom. The van der Waals surface area contributed by atoms with Crippen molar-refractivity contribution in [2.24, 2.45) is 0 Å². The molecule has 0 saturated heterocycles. The molecule has 2 rings (SSSR count). The van der Waals surface area contributed by atoms with Gasteiger partial charge in [0.15, 0.2) is 6.61 Å². The molecule has 0 spiro atoms. The minimum Gasteiger partial charge on any atom is -0.508 e. The summed E-state index contributed by atoms with van der Waals surface area (Å²) in [6.07, 6.45) is 0. The average molecular weight is 370 g/mol. The number of nitrogens with one attached hydrogen (secondary N) is 2. The van der Waals surface area contributed by atoms with Crippen LogP contribution in [-0.4, -0.2) is 36.6 Å². The Kier molecular flexibility index (Phi) is 7.23. The Labute approximate surface area is 159 Å². The van der Waals surface area contributed by atoms with E-state index in [1.54, 1.807) is 0 Å². The van der Waals surface area contributed by atoms with Gasteiger partial charge in [0.2, 0.25) is 0 Å². The van der Waals surface area contributed by atoms with Crippen molar-refractivity contribution in [3.05, 3.63) is 59.2 Å². The molecule has 2 aromatic carbocycles. The minimum atomic E-state index is -0.262. The maximum Gasteiger partial charge on any atom is 0.258 e. The smallest absolute Gasteiger partial charge is 0.258 e. The lowest BCUT2D eigenvalue weighted by Crippen LogP contribution is -2.36. The van der Waals surface area contributed by atoms with E-state index in [1.807, 2.05) is 25.1 Å². The second kappa shape index (κ2) is 9.62. The highest BCUT2D eigenvalue weighted by atomic mass is 16.5. The van der Waals surface area contributed by atoms with Crippen molar-refractivity contribution in [3.8, 4) is 11.5 Å². The number of hydrogen-bond donors (Lipinski definition) is 3. The molecule has 0 unspecified atom stereocenters. The van der Waals surface area contributed by atoms with Crippen LogP contribution in [0.15, 0.2) is 42.5 Å². The van der Waals surface area contributed by atoms with E-state index >= 15 is 0 Å². The van der Waals surface area contributed by atoms with Crippen molar-refractivity contribution in [3.63, 3.8) is 0 Å². The molecule has 27 heavy (non-hydrogen) atoms. The third-order valence-corrected chi connectivity index (χ3v) is 4.01. The van der Waals surface area contributed by atoms with Gasteiger partial charge in [-0.15, -0.1) is 0 Å². The number of carbonyl (C=O) groups is 2. The predicted octanol–water partition coefficient (Wildman–Crippen LogP) is 2.75. The summed E-state index contributed by atoms with van der Waals surface area (Å²) >= 11 is 0. The van der Waals surface area contributed by atoms with Crippen molar-refractivity contribution in [1.82, 2.24) is 10.6 Å². The van der Waals surface area contributed by atoms with Gasteiger partial charge in [0.05, 0.1) is 0 Å². The van der Waals surface area contributed by atoms with Gasteiger partial charge < -0.3 is 20.5 Å². The fourth-order valence-corrected chi connectivity index (χ4v) is 2.53. The van der Waals surface area contributed by atoms with Crippen LogP contribution in [0, 0.1) is 6.92 Å². The van der Waals surface area contributed by atoms with Crippen LogP contribution in [-0.2, 0) is 4.79 Å². The van der Waals surface area contributed by atoms with Gasteiger partial charge in [0, 0.05) is 18.7 Å². The van der Waals surface area contributed by atoms with Gasteiger partial charge in [-0.1, -0.05) is 26.0 Å². The van der Waals surface area contributed by atoms with Gasteiger partial charge in [0.25, 0.3) is 11.8 Å². The molecule has 0 fully saturated rings. The summed E-state index contributed by atoms with van der Waals surface area (Å²) in [6, 6.07) is 11.9. The first-order valence-electron chi connectivity index (χ1n) is 8.94. The number of ether oxygens (including phenoxy) is 1. The predicted molar refractivity (Wildman–Crippen MR) is 104 cm³/mol. The molecule has 0 aliphatic heterocycles. The van der Waals surface area contributed by atoms with Crippen molar-refractivity contribution >= 4 is 11.8 Å². The summed E-state index contributed by atoms with van der Waals surface area (Å²) in [5.74, 6) is 0.625. The van der Waals surface area contributed by atoms with Crippen molar-refractivity contribution in [1.29, 1.82) is 0 Å². The molecule has 2 aromatic rings. The van der Waals surface area contributed by atoms with Gasteiger partial charge in [0.1, 0.15) is 11.5 Å². The molecule has 0 saturated carbocycles. The van der Waals surface area contributed by atoms with E-state index in [2.05, 4.69) is 24.5 Å². The topological polar surface area (TPSA) is 87.7 Å². The number of aromatic hydroxyl groups is 1. The lowest BCUT2D eigenvalue weighted by molar-refractivity contribution is -0.123. The Hall–Kier alpha value is -3.02. The van der Waals surface area contributed by atoms with E-state index < -0.39 is 0 Å². The van der Waals surface area contributed by atoms with Crippen LogP contribution in [0.25, 0.3) is 0 Å². The normalized spacial score (nSPS) is 10.5. The third kappa shape index (κ3) is 6.33. The maximum absolute atomic E-state index is 12.0. The summed E-state index contributed by atoms with van der Waals surface area (Å²) in [5.41, 5.74) is 2.59. The van der Waals surface area contributed by atoms with E-state index in [0.29, 0.717) is 24.6 Å². The van der Waals surface area contributed by atoms with E-state index in [9.17, 15) is 14.7 Å². The lowest BCUT2D eigenvalue weighted by atomic mass is 10.0. The molecule has 144 valence electrons. The zero-order valence-electron chi connectivity index (χ0n) is 15.9. The van der Waals surface area contributed by atoms with Gasteiger partial charge >= 0.3 is 0 Å². The molecule has 0 bridgehead atoms. The minimum absolute atomic E-state index is 0.0743. The number of rotatable bonds is 8.